The Morgan fingerprint density at radius 2 is 0.707 bits per heavy atom. The van der Waals surface area contributed by atoms with Crippen LogP contribution in [0.5, 0.6) is 23.0 Å². The molecular weight excluding hydrogens is 508 g/mol. The number of fused-ring (bicyclic) bond motifs is 3. The minimum Gasteiger partial charge on any atom is -0.508 e. The average molecular weight is 535 g/mol. The van der Waals surface area contributed by atoms with Crippen LogP contribution in [0.3, 0.4) is 0 Å². The second kappa shape index (κ2) is 9.32. The maximum absolute atomic E-state index is 10.2. The minimum atomic E-state index is -0.684. The van der Waals surface area contributed by atoms with E-state index >= 15 is 0 Å². The van der Waals surface area contributed by atoms with Crippen LogP contribution in [-0.4, -0.2) is 20.4 Å². The molecule has 0 aromatic heterocycles. The molecule has 0 aliphatic heterocycles. The van der Waals surface area contributed by atoms with E-state index in [0.717, 1.165) is 44.5 Å². The molecule has 41 heavy (non-hydrogen) atoms. The van der Waals surface area contributed by atoms with Crippen molar-refractivity contribution in [2.45, 2.75) is 5.41 Å². The van der Waals surface area contributed by atoms with Crippen molar-refractivity contribution in [2.75, 3.05) is 0 Å². The van der Waals surface area contributed by atoms with Crippen molar-refractivity contribution in [1.82, 2.24) is 0 Å². The van der Waals surface area contributed by atoms with E-state index < -0.39 is 5.41 Å². The van der Waals surface area contributed by atoms with Crippen molar-refractivity contribution in [1.29, 1.82) is 0 Å². The Bertz CT molecular complexity index is 1740. The van der Waals surface area contributed by atoms with Gasteiger partial charge in [-0.2, -0.15) is 0 Å². The van der Waals surface area contributed by atoms with E-state index in [2.05, 4.69) is 48.5 Å². The van der Waals surface area contributed by atoms with Gasteiger partial charge in [0.05, 0.1) is 5.41 Å². The molecule has 4 N–H and O–H groups in total. The zero-order valence-corrected chi connectivity index (χ0v) is 22.0. The highest BCUT2D eigenvalue weighted by Gasteiger charge is 2.46. The van der Waals surface area contributed by atoms with E-state index in [1.165, 1.54) is 12.1 Å². The van der Waals surface area contributed by atoms with E-state index in [1.54, 1.807) is 24.3 Å². The third-order valence-corrected chi connectivity index (χ3v) is 8.02. The predicted molar refractivity (Wildman–Crippen MR) is 161 cm³/mol. The number of benzene rings is 6. The summed E-state index contributed by atoms with van der Waals surface area (Å²) in [4.78, 5) is 0. The fourth-order valence-corrected chi connectivity index (χ4v) is 6.37. The van der Waals surface area contributed by atoms with Gasteiger partial charge in [0.2, 0.25) is 0 Å². The van der Waals surface area contributed by atoms with Gasteiger partial charge in [-0.15, -0.1) is 0 Å². The van der Waals surface area contributed by atoms with Crippen molar-refractivity contribution in [3.63, 3.8) is 0 Å². The summed E-state index contributed by atoms with van der Waals surface area (Å²) < 4.78 is 0. The number of aromatic hydroxyl groups is 4. The highest BCUT2D eigenvalue weighted by Crippen LogP contribution is 2.57. The number of hydrogen-bond donors (Lipinski definition) is 4. The molecule has 0 bridgehead atoms. The summed E-state index contributed by atoms with van der Waals surface area (Å²) >= 11 is 0. The van der Waals surface area contributed by atoms with Gasteiger partial charge in [-0.1, -0.05) is 84.9 Å². The van der Waals surface area contributed by atoms with Crippen LogP contribution in [0.4, 0.5) is 0 Å². The van der Waals surface area contributed by atoms with Crippen LogP contribution in [0, 0.1) is 0 Å². The first-order valence-electron chi connectivity index (χ1n) is 13.4. The SMILES string of the molecule is Oc1cc(O)cc(-c2ccc3c(c2)C(c2ccccc2)(c2ccccc2)c2cc(-c4cc(O)cc(O)c4)ccc2-3)c1. The number of phenolic OH excluding ortho intramolecular Hbond substituents is 4. The molecule has 0 unspecified atom stereocenters. The van der Waals surface area contributed by atoms with Gasteiger partial charge in [-0.25, -0.2) is 0 Å². The van der Waals surface area contributed by atoms with Crippen molar-refractivity contribution >= 4 is 0 Å². The number of phenols is 4. The Morgan fingerprint density at radius 3 is 1.07 bits per heavy atom. The van der Waals surface area contributed by atoms with E-state index in [4.69, 9.17) is 0 Å². The zero-order valence-electron chi connectivity index (χ0n) is 22.0. The lowest BCUT2D eigenvalue weighted by Gasteiger charge is -2.34. The minimum absolute atomic E-state index is 0.000162. The first kappa shape index (κ1) is 24.6. The van der Waals surface area contributed by atoms with Gasteiger partial charge in [0, 0.05) is 12.1 Å². The van der Waals surface area contributed by atoms with Crippen LogP contribution < -0.4 is 0 Å². The molecule has 4 nitrogen and oxygen atoms in total. The first-order valence-corrected chi connectivity index (χ1v) is 13.4. The van der Waals surface area contributed by atoms with Crippen LogP contribution in [0.15, 0.2) is 133 Å². The van der Waals surface area contributed by atoms with Crippen molar-refractivity contribution in [2.24, 2.45) is 0 Å². The van der Waals surface area contributed by atoms with Gasteiger partial charge in [-0.05, 0) is 92.0 Å². The maximum atomic E-state index is 10.2. The predicted octanol–water partition coefficient (Wildman–Crippen LogP) is 8.21. The van der Waals surface area contributed by atoms with Gasteiger partial charge in [0.1, 0.15) is 23.0 Å². The largest absolute Gasteiger partial charge is 0.508 e. The molecule has 0 saturated heterocycles. The highest BCUT2D eigenvalue weighted by molar-refractivity contribution is 5.90. The quantitative estimate of drug-likeness (QED) is 0.183. The monoisotopic (exact) mass is 534 g/mol. The maximum Gasteiger partial charge on any atom is 0.119 e. The summed E-state index contributed by atoms with van der Waals surface area (Å²) in [6.07, 6.45) is 0. The topological polar surface area (TPSA) is 80.9 Å². The average Bonchev–Trinajstić information content (AvgIpc) is 3.27. The van der Waals surface area contributed by atoms with Crippen molar-refractivity contribution < 1.29 is 20.4 Å². The fourth-order valence-electron chi connectivity index (χ4n) is 6.37. The fraction of sp³-hybridized carbons (Fsp3) is 0.0270. The smallest absolute Gasteiger partial charge is 0.119 e. The van der Waals surface area contributed by atoms with Crippen molar-refractivity contribution in [3.05, 3.63) is 156 Å². The second-order valence-corrected chi connectivity index (χ2v) is 10.5. The lowest BCUT2D eigenvalue weighted by molar-refractivity contribution is 0.450. The Labute approximate surface area is 237 Å². The summed E-state index contributed by atoms with van der Waals surface area (Å²) in [6, 6.07) is 42.6. The van der Waals surface area contributed by atoms with Gasteiger partial charge in [0.15, 0.2) is 0 Å². The Morgan fingerprint density at radius 1 is 0.341 bits per heavy atom. The molecule has 4 heteroatoms. The van der Waals surface area contributed by atoms with Gasteiger partial charge in [-0.3, -0.25) is 0 Å². The molecule has 0 radical (unpaired) electrons. The van der Waals surface area contributed by atoms with E-state index in [9.17, 15) is 20.4 Å². The molecule has 1 aliphatic carbocycles. The van der Waals surface area contributed by atoms with Gasteiger partial charge >= 0.3 is 0 Å². The highest BCUT2D eigenvalue weighted by atomic mass is 16.3. The second-order valence-electron chi connectivity index (χ2n) is 10.5. The van der Waals surface area contributed by atoms with Crippen molar-refractivity contribution in [3.8, 4) is 56.4 Å². The third-order valence-electron chi connectivity index (χ3n) is 8.02. The molecule has 0 atom stereocenters. The molecule has 0 fully saturated rings. The first-order chi connectivity index (χ1) is 19.9. The zero-order chi connectivity index (χ0) is 28.1. The standard InChI is InChI=1S/C37H26O4/c38-29-15-25(16-30(39)21-29)23-11-13-33-34-14-12-24(26-17-31(40)22-32(41)18-26)20-36(34)37(35(33)19-23,27-7-3-1-4-8-27)28-9-5-2-6-10-28/h1-22,38-41H. The number of rotatable bonds is 4. The molecule has 0 heterocycles. The van der Waals surface area contributed by atoms with Gasteiger partial charge < -0.3 is 20.4 Å². The van der Waals surface area contributed by atoms with E-state index in [1.807, 2.05) is 48.5 Å². The Balaban J connectivity index is 1.57. The third kappa shape index (κ3) is 3.92. The molecule has 6 aromatic rings. The summed E-state index contributed by atoms with van der Waals surface area (Å²) in [5, 5.41) is 40.9. The molecule has 198 valence electrons. The summed E-state index contributed by atoms with van der Waals surface area (Å²) in [5.74, 6) is 0.000647. The molecular formula is C37H26O4. The number of hydrogen-bond acceptors (Lipinski definition) is 4. The summed E-state index contributed by atoms with van der Waals surface area (Å²) in [7, 11) is 0. The Hall–Kier alpha value is -5.48. The molecule has 0 amide bonds. The normalized spacial score (nSPS) is 13.0. The summed E-state index contributed by atoms with van der Waals surface area (Å²) in [6.45, 7) is 0. The van der Waals surface area contributed by atoms with E-state index in [0.29, 0.717) is 11.1 Å². The molecule has 7 rings (SSSR count). The lowest BCUT2D eigenvalue weighted by atomic mass is 9.67. The van der Waals surface area contributed by atoms with Crippen LogP contribution in [-0.2, 0) is 5.41 Å². The van der Waals surface area contributed by atoms with E-state index in [-0.39, 0.29) is 23.0 Å². The summed E-state index contributed by atoms with van der Waals surface area (Å²) in [5.41, 5.74) is 9.03. The van der Waals surface area contributed by atoms with Gasteiger partial charge in [0.25, 0.3) is 0 Å². The molecule has 0 spiro atoms. The van der Waals surface area contributed by atoms with Crippen LogP contribution >= 0.6 is 0 Å². The lowest BCUT2D eigenvalue weighted by Crippen LogP contribution is -2.28. The van der Waals surface area contributed by atoms with Crippen LogP contribution in [0.2, 0.25) is 0 Å². The molecule has 1 aliphatic rings. The molecule has 0 saturated carbocycles. The van der Waals surface area contributed by atoms with Crippen LogP contribution in [0.25, 0.3) is 33.4 Å². The van der Waals surface area contributed by atoms with Crippen LogP contribution in [0.1, 0.15) is 22.3 Å². The Kier molecular flexibility index (Phi) is 5.58. The molecule has 6 aromatic carbocycles.